The molecular weight excluding hydrogens is 338 g/mol. The van der Waals surface area contributed by atoms with Crippen LogP contribution in [0.5, 0.6) is 5.75 Å². The molecule has 0 aromatic heterocycles. The summed E-state index contributed by atoms with van der Waals surface area (Å²) in [4.78, 5) is 16.7. The highest BCUT2D eigenvalue weighted by Gasteiger charge is 2.21. The quantitative estimate of drug-likeness (QED) is 0.761. The van der Waals surface area contributed by atoms with Gasteiger partial charge in [-0.3, -0.25) is 9.69 Å². The number of amides is 1. The first kappa shape index (κ1) is 20.2. The summed E-state index contributed by atoms with van der Waals surface area (Å²) in [6.07, 6.45) is 4.89. The van der Waals surface area contributed by atoms with Gasteiger partial charge in [0.1, 0.15) is 5.75 Å². The molecule has 2 fully saturated rings. The molecule has 0 saturated carbocycles. The number of hydrogen-bond acceptors (Lipinski definition) is 4. The van der Waals surface area contributed by atoms with E-state index in [0.29, 0.717) is 6.04 Å². The molecule has 2 aliphatic rings. The predicted molar refractivity (Wildman–Crippen MR) is 109 cm³/mol. The Morgan fingerprint density at radius 2 is 2.00 bits per heavy atom. The first-order valence-corrected chi connectivity index (χ1v) is 10.6. The molecule has 150 valence electrons. The van der Waals surface area contributed by atoms with E-state index in [1.807, 2.05) is 23.1 Å². The second-order valence-electron chi connectivity index (χ2n) is 8.21. The zero-order chi connectivity index (χ0) is 19.1. The number of nitrogens with zero attached hydrogens (tertiary/aromatic N) is 2. The van der Waals surface area contributed by atoms with Gasteiger partial charge in [-0.15, -0.1) is 0 Å². The fourth-order valence-electron chi connectivity index (χ4n) is 4.16. The zero-order valence-electron chi connectivity index (χ0n) is 17.0. The van der Waals surface area contributed by atoms with E-state index >= 15 is 0 Å². The Morgan fingerprint density at radius 3 is 2.78 bits per heavy atom. The van der Waals surface area contributed by atoms with Crippen molar-refractivity contribution in [3.63, 3.8) is 0 Å². The number of likely N-dealkylation sites (tertiary alicyclic amines) is 2. The molecule has 27 heavy (non-hydrogen) atoms. The minimum absolute atomic E-state index is 0.100. The minimum atomic E-state index is 0.100. The number of benzene rings is 1. The number of hydrogen-bond donors (Lipinski definition) is 1. The number of nitrogens with one attached hydrogen (secondary N) is 1. The summed E-state index contributed by atoms with van der Waals surface area (Å²) in [5.41, 5.74) is 1.12. The highest BCUT2D eigenvalue weighted by molar-refractivity contribution is 5.78. The lowest BCUT2D eigenvalue weighted by atomic mass is 9.99. The van der Waals surface area contributed by atoms with E-state index in [4.69, 9.17) is 4.74 Å². The van der Waals surface area contributed by atoms with Gasteiger partial charge in [-0.2, -0.15) is 0 Å². The zero-order valence-corrected chi connectivity index (χ0v) is 17.0. The highest BCUT2D eigenvalue weighted by atomic mass is 16.5. The summed E-state index contributed by atoms with van der Waals surface area (Å²) in [5.74, 6) is 1.73. The van der Waals surface area contributed by atoms with Gasteiger partial charge in [0.25, 0.3) is 5.91 Å². The molecule has 2 aliphatic heterocycles. The Labute approximate surface area is 164 Å². The SMILES string of the molecule is CC1CCCN(C(C)CNCc2ccccc2OCC(=O)N2CCCC2)C1. The van der Waals surface area contributed by atoms with Gasteiger partial charge in [0.15, 0.2) is 6.61 Å². The van der Waals surface area contributed by atoms with Gasteiger partial charge < -0.3 is 15.0 Å². The van der Waals surface area contributed by atoms with Crippen molar-refractivity contribution in [2.45, 2.75) is 52.1 Å². The van der Waals surface area contributed by atoms with Crippen molar-refractivity contribution in [3.8, 4) is 5.75 Å². The normalized spacial score (nSPS) is 22.0. The molecule has 2 saturated heterocycles. The monoisotopic (exact) mass is 373 g/mol. The molecule has 1 amide bonds. The molecule has 3 rings (SSSR count). The molecule has 2 heterocycles. The molecule has 5 heteroatoms. The van der Waals surface area contributed by atoms with E-state index in [9.17, 15) is 4.79 Å². The van der Waals surface area contributed by atoms with Crippen molar-refractivity contribution < 1.29 is 9.53 Å². The molecule has 0 aliphatic carbocycles. The van der Waals surface area contributed by atoms with Crippen LogP contribution < -0.4 is 10.1 Å². The first-order valence-electron chi connectivity index (χ1n) is 10.6. The van der Waals surface area contributed by atoms with Crippen molar-refractivity contribution >= 4 is 5.91 Å². The molecule has 5 nitrogen and oxygen atoms in total. The van der Waals surface area contributed by atoms with Crippen molar-refractivity contribution in [2.24, 2.45) is 5.92 Å². The number of ether oxygens (including phenoxy) is 1. The maximum atomic E-state index is 12.2. The van der Waals surface area contributed by atoms with Crippen molar-refractivity contribution in [3.05, 3.63) is 29.8 Å². The van der Waals surface area contributed by atoms with Crippen LogP contribution in [0.15, 0.2) is 24.3 Å². The van der Waals surface area contributed by atoms with E-state index in [1.54, 1.807) is 0 Å². The maximum absolute atomic E-state index is 12.2. The average molecular weight is 374 g/mol. The largest absolute Gasteiger partial charge is 0.483 e. The highest BCUT2D eigenvalue weighted by Crippen LogP contribution is 2.19. The minimum Gasteiger partial charge on any atom is -0.483 e. The lowest BCUT2D eigenvalue weighted by molar-refractivity contribution is -0.132. The van der Waals surface area contributed by atoms with Gasteiger partial charge in [0.05, 0.1) is 0 Å². The number of carbonyl (C=O) groups is 1. The second kappa shape index (κ2) is 10.1. The summed E-state index contributed by atoms with van der Waals surface area (Å²) in [5, 5.41) is 3.58. The van der Waals surface area contributed by atoms with Crippen LogP contribution in [0.4, 0.5) is 0 Å². The Hall–Kier alpha value is -1.59. The smallest absolute Gasteiger partial charge is 0.260 e. The van der Waals surface area contributed by atoms with Gasteiger partial charge in [0, 0.05) is 44.3 Å². The molecule has 0 radical (unpaired) electrons. The second-order valence-corrected chi connectivity index (χ2v) is 8.21. The van der Waals surface area contributed by atoms with Crippen LogP contribution in [0, 0.1) is 5.92 Å². The maximum Gasteiger partial charge on any atom is 0.260 e. The number of carbonyl (C=O) groups excluding carboxylic acids is 1. The van der Waals surface area contributed by atoms with Gasteiger partial charge in [-0.25, -0.2) is 0 Å². The van der Waals surface area contributed by atoms with Crippen LogP contribution in [0.1, 0.15) is 45.1 Å². The Morgan fingerprint density at radius 1 is 1.22 bits per heavy atom. The van der Waals surface area contributed by atoms with Crippen LogP contribution in [-0.4, -0.2) is 61.1 Å². The van der Waals surface area contributed by atoms with Crippen LogP contribution in [0.2, 0.25) is 0 Å². The standard InChI is InChI=1S/C22H35N3O2/c1-18-8-7-13-25(16-18)19(2)14-23-15-20-9-3-4-10-21(20)27-17-22(26)24-11-5-6-12-24/h3-4,9-10,18-19,23H,5-8,11-17H2,1-2H3. The average Bonchev–Trinajstić information content (AvgIpc) is 3.22. The molecule has 2 atom stereocenters. The first-order chi connectivity index (χ1) is 13.1. The molecule has 1 N–H and O–H groups in total. The molecule has 0 bridgehead atoms. The Balaban J connectivity index is 1.45. The third-order valence-corrected chi connectivity index (χ3v) is 5.85. The van der Waals surface area contributed by atoms with E-state index in [0.717, 1.165) is 56.3 Å². The summed E-state index contributed by atoms with van der Waals surface area (Å²) >= 11 is 0. The van der Waals surface area contributed by atoms with Crippen LogP contribution in [-0.2, 0) is 11.3 Å². The van der Waals surface area contributed by atoms with Crippen molar-refractivity contribution in [2.75, 3.05) is 39.3 Å². The lowest BCUT2D eigenvalue weighted by Gasteiger charge is -2.35. The summed E-state index contributed by atoms with van der Waals surface area (Å²) in [7, 11) is 0. The Bertz CT molecular complexity index is 601. The predicted octanol–water partition coefficient (Wildman–Crippen LogP) is 2.90. The molecule has 0 spiro atoms. The molecule has 2 unspecified atom stereocenters. The number of rotatable bonds is 8. The third-order valence-electron chi connectivity index (χ3n) is 5.85. The summed E-state index contributed by atoms with van der Waals surface area (Å²) in [6, 6.07) is 8.58. The van der Waals surface area contributed by atoms with E-state index in [2.05, 4.69) is 30.1 Å². The van der Waals surface area contributed by atoms with E-state index < -0.39 is 0 Å². The molecule has 1 aromatic carbocycles. The lowest BCUT2D eigenvalue weighted by Crippen LogP contribution is -2.45. The van der Waals surface area contributed by atoms with E-state index in [-0.39, 0.29) is 12.5 Å². The van der Waals surface area contributed by atoms with Crippen LogP contribution in [0.3, 0.4) is 0 Å². The number of piperidine rings is 1. The van der Waals surface area contributed by atoms with Gasteiger partial charge in [-0.1, -0.05) is 25.1 Å². The summed E-state index contributed by atoms with van der Waals surface area (Å²) < 4.78 is 5.86. The molecular formula is C22H35N3O2. The number of para-hydroxylation sites is 1. The van der Waals surface area contributed by atoms with E-state index in [1.165, 1.54) is 25.9 Å². The van der Waals surface area contributed by atoms with Gasteiger partial charge >= 0.3 is 0 Å². The van der Waals surface area contributed by atoms with Crippen molar-refractivity contribution in [1.82, 2.24) is 15.1 Å². The fourth-order valence-corrected chi connectivity index (χ4v) is 4.16. The van der Waals surface area contributed by atoms with Gasteiger partial charge in [-0.05, 0) is 51.1 Å². The Kier molecular flexibility index (Phi) is 7.53. The fraction of sp³-hybridized carbons (Fsp3) is 0.682. The summed E-state index contributed by atoms with van der Waals surface area (Å²) in [6.45, 7) is 10.7. The van der Waals surface area contributed by atoms with Gasteiger partial charge in [0.2, 0.25) is 0 Å². The third kappa shape index (κ3) is 5.94. The van der Waals surface area contributed by atoms with Crippen LogP contribution in [0.25, 0.3) is 0 Å². The van der Waals surface area contributed by atoms with Crippen LogP contribution >= 0.6 is 0 Å². The topological polar surface area (TPSA) is 44.8 Å². The molecule has 1 aromatic rings. The van der Waals surface area contributed by atoms with Crippen molar-refractivity contribution in [1.29, 1.82) is 0 Å².